The molecule has 0 aliphatic carbocycles. The largest absolute Gasteiger partial charge is 0.305 e. The van der Waals surface area contributed by atoms with E-state index in [1.54, 1.807) is 0 Å². The summed E-state index contributed by atoms with van der Waals surface area (Å²) < 4.78 is 0. The predicted octanol–water partition coefficient (Wildman–Crippen LogP) is 27.8. The van der Waals surface area contributed by atoms with E-state index >= 15 is 0 Å². The van der Waals surface area contributed by atoms with Crippen molar-refractivity contribution in [3.63, 3.8) is 0 Å². The van der Waals surface area contributed by atoms with E-state index in [9.17, 15) is 0 Å². The summed E-state index contributed by atoms with van der Waals surface area (Å²) in [4.78, 5) is 36.0. The van der Waals surface area contributed by atoms with Crippen molar-refractivity contribution in [2.24, 2.45) is 11.8 Å². The van der Waals surface area contributed by atoms with E-state index < -0.39 is 64.6 Å². The fraction of sp³-hybridized carbons (Fsp3) is 0.279. The van der Waals surface area contributed by atoms with Crippen LogP contribution in [0.1, 0.15) is 49.9 Å². The zero-order valence-electron chi connectivity index (χ0n) is 89.5. The minimum Gasteiger partial charge on any atom is -0.305 e. The maximum absolute atomic E-state index is 4.69. The molecule has 0 saturated carbocycles. The fourth-order valence-electron chi connectivity index (χ4n) is 15.4. The van der Waals surface area contributed by atoms with Crippen molar-refractivity contribution in [1.29, 1.82) is 0 Å². The van der Waals surface area contributed by atoms with E-state index in [0.717, 1.165) is 103 Å². The van der Waals surface area contributed by atoms with Crippen molar-refractivity contribution in [3.05, 3.63) is 387 Å². The Balaban J connectivity index is 0.000000285. The molecule has 4 radical (unpaired) electrons. The molecule has 16 aromatic rings. The van der Waals surface area contributed by atoms with Crippen LogP contribution in [0.5, 0.6) is 0 Å². The van der Waals surface area contributed by atoms with E-state index in [1.165, 1.54) is 63.7 Å². The number of hydrogen-bond acceptors (Lipinski definition) is 8. The normalized spacial score (nSPS) is 11.3. The standard InChI is InChI=1S/2C18H24NSi.2C15H18NSi.4C14H16NSi.4Ir/c2*1-14(2)11-16-12-17(15-9-7-6-8-10-15)19-13-18(16)20(3,4)5;2*1-12-10-14(13-8-6-5-7-9-13)16-11-15(12)17(2,3)4;4*1-16(2,3)13-8-6-7-12(11-13)14-9-4-5-10-15-14;;;;/h2*6-9,12-14H,11H2,1-5H3;2*5-8,10-11H,1-4H3;4*4-10H,1-3H3;;;;/q8*-1;;;;. The van der Waals surface area contributed by atoms with Crippen molar-refractivity contribution in [2.45, 2.75) is 212 Å². The number of benzene rings is 8. The topological polar surface area (TPSA) is 103 Å². The third kappa shape index (κ3) is 40.3. The van der Waals surface area contributed by atoms with E-state index in [4.69, 9.17) is 0 Å². The van der Waals surface area contributed by atoms with Crippen LogP contribution in [0.15, 0.2) is 316 Å². The van der Waals surface area contributed by atoms with Crippen LogP contribution in [-0.2, 0) is 93.3 Å². The molecule has 752 valence electrons. The van der Waals surface area contributed by atoms with Crippen LogP contribution in [0.25, 0.3) is 90.1 Å². The van der Waals surface area contributed by atoms with Crippen molar-refractivity contribution in [2.75, 3.05) is 0 Å². The molecular formula is C122H148Ir4N8Si8-8. The summed E-state index contributed by atoms with van der Waals surface area (Å²) in [6.45, 7) is 70.0. The molecule has 0 aliphatic heterocycles. The van der Waals surface area contributed by atoms with E-state index in [-0.39, 0.29) is 80.4 Å². The molecule has 16 rings (SSSR count). The molecule has 0 unspecified atom stereocenters. The average Bonchev–Trinajstić information content (AvgIpc) is 0.745. The van der Waals surface area contributed by atoms with Gasteiger partial charge in [-0.15, -0.1) is 284 Å². The second-order valence-electron chi connectivity index (χ2n) is 44.3. The molecule has 0 fully saturated rings. The van der Waals surface area contributed by atoms with Crippen LogP contribution in [0, 0.1) is 74.2 Å². The molecule has 0 N–H and O–H groups in total. The van der Waals surface area contributed by atoms with Crippen LogP contribution in [-0.4, -0.2) is 104 Å². The minimum absolute atomic E-state index is 0. The summed E-state index contributed by atoms with van der Waals surface area (Å²) >= 11 is 0. The molecule has 20 heteroatoms. The Morgan fingerprint density at radius 3 is 0.592 bits per heavy atom. The van der Waals surface area contributed by atoms with E-state index in [0.29, 0.717) is 11.8 Å². The monoisotopic (exact) mass is 2720 g/mol. The van der Waals surface area contributed by atoms with Gasteiger partial charge in [0.05, 0.1) is 64.6 Å². The summed E-state index contributed by atoms with van der Waals surface area (Å²) in [5.74, 6) is 1.33. The third-order valence-corrected chi connectivity index (χ3v) is 38.8. The van der Waals surface area contributed by atoms with Crippen molar-refractivity contribution in [3.8, 4) is 90.1 Å². The Labute approximate surface area is 917 Å². The second kappa shape index (κ2) is 57.4. The molecule has 8 aromatic heterocycles. The Morgan fingerprint density at radius 2 is 0.415 bits per heavy atom. The van der Waals surface area contributed by atoms with Gasteiger partial charge in [-0.2, -0.15) is 0 Å². The number of pyridine rings is 8. The third-order valence-electron chi connectivity index (χ3n) is 22.8. The van der Waals surface area contributed by atoms with Gasteiger partial charge in [0.25, 0.3) is 0 Å². The molecule has 8 aromatic carbocycles. The van der Waals surface area contributed by atoms with Crippen LogP contribution in [0.4, 0.5) is 0 Å². The first-order chi connectivity index (χ1) is 65.0. The first kappa shape index (κ1) is 124. The van der Waals surface area contributed by atoms with E-state index in [2.05, 4.69) is 433 Å². The number of rotatable bonds is 20. The maximum Gasteiger partial charge on any atom is 0.0798 e. The predicted molar refractivity (Wildman–Crippen MR) is 618 cm³/mol. The molecule has 0 aliphatic rings. The zero-order valence-corrected chi connectivity index (χ0v) is 107. The summed E-state index contributed by atoms with van der Waals surface area (Å²) in [7, 11) is -10.4. The summed E-state index contributed by atoms with van der Waals surface area (Å²) in [5.41, 5.74) is 22.5. The quantitative estimate of drug-likeness (QED) is 0.0549. The summed E-state index contributed by atoms with van der Waals surface area (Å²) in [6, 6.07) is 117. The van der Waals surface area contributed by atoms with Gasteiger partial charge in [-0.05, 0) is 129 Å². The van der Waals surface area contributed by atoms with Gasteiger partial charge < -0.3 is 39.9 Å². The molecule has 0 atom stereocenters. The number of aromatic nitrogens is 8. The van der Waals surface area contributed by atoms with Crippen LogP contribution in [0.3, 0.4) is 0 Å². The van der Waals surface area contributed by atoms with Crippen LogP contribution in [0.2, 0.25) is 157 Å². The summed E-state index contributed by atoms with van der Waals surface area (Å²) in [5, 5.41) is 11.3. The fourth-order valence-corrected chi connectivity index (χ4v) is 26.4. The Bertz CT molecular complexity index is 5840. The van der Waals surface area contributed by atoms with Gasteiger partial charge in [-0.1, -0.05) is 280 Å². The first-order valence-corrected chi connectivity index (χ1v) is 76.6. The Morgan fingerprint density at radius 1 is 0.211 bits per heavy atom. The zero-order chi connectivity index (χ0) is 101. The van der Waals surface area contributed by atoms with Gasteiger partial charge >= 0.3 is 0 Å². The smallest absolute Gasteiger partial charge is 0.0798 e. The number of nitrogens with zero attached hydrogens (tertiary/aromatic N) is 8. The van der Waals surface area contributed by atoms with Crippen molar-refractivity contribution in [1.82, 2.24) is 39.9 Å². The van der Waals surface area contributed by atoms with Gasteiger partial charge in [0.2, 0.25) is 0 Å². The van der Waals surface area contributed by atoms with Crippen LogP contribution < -0.4 is 41.5 Å². The first-order valence-electron chi connectivity index (χ1n) is 48.6. The molecular weight excluding hydrogens is 2570 g/mol. The summed E-state index contributed by atoms with van der Waals surface area (Å²) in [6.07, 6.45) is 17.9. The molecule has 142 heavy (non-hydrogen) atoms. The SMILES string of the molecule is CC(C)Cc1cc(-c2[c-]cccc2)ncc1[Si](C)(C)C.CC(C)Cc1cc(-c2[c-]cccc2)ncc1[Si](C)(C)C.C[Si](C)(C)c1[c-]c(-c2ccccn2)ccc1.C[Si](C)(C)c1[c-]c(-c2ccccn2)ccc1.C[Si](C)(C)c1[c-]c(-c2ccccn2)ccc1.C[Si](C)(C)c1[c-]c(-c2ccccn2)ccc1.Cc1cc(-c2[c-]cccc2)ncc1[Si](C)(C)C.Cc1cc(-c2[c-]cccc2)ncc1[Si](C)(C)C.[Ir].[Ir].[Ir].[Ir]. The van der Waals surface area contributed by atoms with Gasteiger partial charge in [0.15, 0.2) is 0 Å². The van der Waals surface area contributed by atoms with Gasteiger partial charge in [-0.3, -0.25) is 0 Å². The van der Waals surface area contributed by atoms with E-state index in [1.807, 2.05) is 170 Å². The molecule has 0 spiro atoms. The molecule has 0 saturated heterocycles. The maximum atomic E-state index is 4.69. The van der Waals surface area contributed by atoms with Gasteiger partial charge in [0, 0.05) is 130 Å². The molecule has 0 amide bonds. The second-order valence-corrected chi connectivity index (χ2v) is 84.6. The molecule has 0 bridgehead atoms. The van der Waals surface area contributed by atoms with Crippen molar-refractivity contribution >= 4 is 106 Å². The molecule has 8 nitrogen and oxygen atoms in total. The van der Waals surface area contributed by atoms with Crippen molar-refractivity contribution < 1.29 is 80.4 Å². The number of aryl methyl sites for hydroxylation is 2. The van der Waals surface area contributed by atoms with Crippen LogP contribution >= 0.6 is 0 Å². The minimum atomic E-state index is -1.34. The Kier molecular flexibility index (Phi) is 50.0. The van der Waals surface area contributed by atoms with Gasteiger partial charge in [-0.25, -0.2) is 0 Å². The Hall–Kier alpha value is -8.71. The number of hydrogen-bond donors (Lipinski definition) is 0. The molecule has 8 heterocycles. The average molecular weight is 2720 g/mol. The van der Waals surface area contributed by atoms with Gasteiger partial charge in [0.1, 0.15) is 0 Å².